The molecule has 0 aromatic carbocycles. The fraction of sp³-hybridized carbons (Fsp3) is 0.783. The highest BCUT2D eigenvalue weighted by Gasteiger charge is 2.55. The van der Waals surface area contributed by atoms with E-state index in [0.717, 1.165) is 76.2 Å². The number of morpholine rings is 1. The van der Waals surface area contributed by atoms with E-state index in [4.69, 9.17) is 9.72 Å². The molecule has 1 aromatic heterocycles. The van der Waals surface area contributed by atoms with Gasteiger partial charge in [0.1, 0.15) is 0 Å². The lowest BCUT2D eigenvalue weighted by Gasteiger charge is -2.58. The lowest BCUT2D eigenvalue weighted by Crippen LogP contribution is -2.61. The van der Waals surface area contributed by atoms with Crippen molar-refractivity contribution < 1.29 is 14.6 Å². The Hall–Kier alpha value is -1.73. The number of hydrogen-bond donors (Lipinski definition) is 2. The summed E-state index contributed by atoms with van der Waals surface area (Å²) in [4.78, 5) is 25.1. The molecule has 1 amide bonds. The number of nitrogens with zero attached hydrogens (tertiary/aromatic N) is 3. The van der Waals surface area contributed by atoms with Crippen molar-refractivity contribution in [2.45, 2.75) is 81.1 Å². The summed E-state index contributed by atoms with van der Waals surface area (Å²) in [6.45, 7) is 1.61. The van der Waals surface area contributed by atoms with E-state index in [1.54, 1.807) is 6.20 Å². The number of amides is 1. The maximum atomic E-state index is 13.3. The Labute approximate surface area is 176 Å². The molecule has 2 N–H and O–H groups in total. The molecule has 0 radical (unpaired) electrons. The molecule has 7 heteroatoms. The van der Waals surface area contributed by atoms with Crippen LogP contribution >= 0.6 is 0 Å². The van der Waals surface area contributed by atoms with Gasteiger partial charge in [0.25, 0.3) is 5.91 Å². The highest BCUT2D eigenvalue weighted by molar-refractivity contribution is 5.95. The minimum atomic E-state index is -0.472. The van der Waals surface area contributed by atoms with Crippen molar-refractivity contribution in [1.29, 1.82) is 0 Å². The Morgan fingerprint density at radius 3 is 2.63 bits per heavy atom. The summed E-state index contributed by atoms with van der Waals surface area (Å²) in [5.41, 5.74) is 1.12. The van der Waals surface area contributed by atoms with Gasteiger partial charge in [-0.1, -0.05) is 0 Å². The third kappa shape index (κ3) is 2.74. The third-order valence-electron chi connectivity index (χ3n) is 8.71. The molecule has 5 saturated carbocycles. The van der Waals surface area contributed by atoms with E-state index in [1.165, 1.54) is 0 Å². The molecule has 6 bridgehead atoms. The summed E-state index contributed by atoms with van der Waals surface area (Å²) in [5.74, 6) is 2.61. The van der Waals surface area contributed by atoms with Crippen molar-refractivity contribution >= 4 is 11.9 Å². The Bertz CT molecular complexity index is 886. The average molecular weight is 411 g/mol. The molecule has 2 unspecified atom stereocenters. The molecule has 7 aliphatic rings. The van der Waals surface area contributed by atoms with Gasteiger partial charge in [-0.3, -0.25) is 4.79 Å². The quantitative estimate of drug-likeness (QED) is 0.790. The van der Waals surface area contributed by atoms with Gasteiger partial charge in [-0.25, -0.2) is 9.97 Å². The Balaban J connectivity index is 1.14. The monoisotopic (exact) mass is 410 g/mol. The van der Waals surface area contributed by atoms with Crippen molar-refractivity contribution in [3.8, 4) is 0 Å². The van der Waals surface area contributed by atoms with E-state index in [9.17, 15) is 9.90 Å². The maximum Gasteiger partial charge on any atom is 0.254 e. The zero-order valence-electron chi connectivity index (χ0n) is 17.3. The SMILES string of the molecule is O=C(NC1C2CC3CC1CC(O)(C3)C2)c1cnc(N2C[C@@H]3C[C@H]2CO3)nc1C1CC1. The standard InChI is InChI=1S/C23H30N4O3/c28-21(25-19-14-3-12-4-15(19)8-23(29,6-12)7-14)18-9-24-22(26-20(18)13-1-2-13)27-10-17-5-16(27)11-30-17/h9,12-17,19,29H,1-8,10-11H2,(H,25,28)/t12?,14?,15?,16-,17-,19?,23?/m0/s1. The molecule has 3 heterocycles. The molecule has 160 valence electrons. The van der Waals surface area contributed by atoms with Crippen LogP contribution in [0.5, 0.6) is 0 Å². The lowest BCUT2D eigenvalue weighted by atomic mass is 9.52. The van der Waals surface area contributed by atoms with Gasteiger partial charge in [-0.05, 0) is 69.1 Å². The predicted molar refractivity (Wildman–Crippen MR) is 109 cm³/mol. The van der Waals surface area contributed by atoms with E-state index in [1.807, 2.05) is 0 Å². The van der Waals surface area contributed by atoms with Crippen LogP contribution in [0.25, 0.3) is 0 Å². The van der Waals surface area contributed by atoms with Gasteiger partial charge in [-0.2, -0.15) is 0 Å². The summed E-state index contributed by atoms with van der Waals surface area (Å²) >= 11 is 0. The van der Waals surface area contributed by atoms with Crippen LogP contribution in [-0.4, -0.2) is 57.9 Å². The molecule has 1 aromatic rings. The molecule has 5 aliphatic carbocycles. The summed E-state index contributed by atoms with van der Waals surface area (Å²) in [6.07, 6.45) is 10.3. The summed E-state index contributed by atoms with van der Waals surface area (Å²) in [7, 11) is 0. The Morgan fingerprint density at radius 1 is 1.20 bits per heavy atom. The second-order valence-electron chi connectivity index (χ2n) is 10.9. The van der Waals surface area contributed by atoms with Crippen LogP contribution in [0.2, 0.25) is 0 Å². The lowest BCUT2D eigenvalue weighted by molar-refractivity contribution is -0.136. The van der Waals surface area contributed by atoms with Gasteiger partial charge < -0.3 is 20.1 Å². The molecular formula is C23H30N4O3. The Morgan fingerprint density at radius 2 is 2.00 bits per heavy atom. The molecule has 4 atom stereocenters. The molecule has 30 heavy (non-hydrogen) atoms. The summed E-state index contributed by atoms with van der Waals surface area (Å²) < 4.78 is 5.71. The van der Waals surface area contributed by atoms with Crippen molar-refractivity contribution in [1.82, 2.24) is 15.3 Å². The van der Waals surface area contributed by atoms with E-state index in [2.05, 4.69) is 15.2 Å². The van der Waals surface area contributed by atoms with E-state index in [-0.39, 0.29) is 11.9 Å². The number of anilines is 1. The topological polar surface area (TPSA) is 87.6 Å². The van der Waals surface area contributed by atoms with E-state index >= 15 is 0 Å². The zero-order valence-corrected chi connectivity index (χ0v) is 17.3. The van der Waals surface area contributed by atoms with Crippen LogP contribution in [0.1, 0.15) is 73.3 Å². The van der Waals surface area contributed by atoms with Gasteiger partial charge in [0.15, 0.2) is 0 Å². The van der Waals surface area contributed by atoms with Crippen LogP contribution in [-0.2, 0) is 4.74 Å². The van der Waals surface area contributed by atoms with E-state index in [0.29, 0.717) is 41.4 Å². The summed E-state index contributed by atoms with van der Waals surface area (Å²) in [5, 5.41) is 14.2. The van der Waals surface area contributed by atoms with Crippen molar-refractivity contribution in [2.75, 3.05) is 18.1 Å². The van der Waals surface area contributed by atoms with Crippen LogP contribution in [0.3, 0.4) is 0 Å². The fourth-order valence-corrected chi connectivity index (χ4v) is 7.46. The van der Waals surface area contributed by atoms with Crippen molar-refractivity contribution in [3.05, 3.63) is 17.5 Å². The van der Waals surface area contributed by atoms with Crippen LogP contribution in [0.15, 0.2) is 6.20 Å². The van der Waals surface area contributed by atoms with E-state index < -0.39 is 5.60 Å². The smallest absolute Gasteiger partial charge is 0.254 e. The van der Waals surface area contributed by atoms with Crippen LogP contribution < -0.4 is 10.2 Å². The minimum absolute atomic E-state index is 0.0146. The number of aromatic nitrogens is 2. The second kappa shape index (κ2) is 6.16. The number of rotatable bonds is 4. The normalized spacial score (nSPS) is 43.4. The maximum absolute atomic E-state index is 13.3. The van der Waals surface area contributed by atoms with Gasteiger partial charge >= 0.3 is 0 Å². The number of fused-ring (bicyclic) bond motifs is 2. The molecule has 0 spiro atoms. The van der Waals surface area contributed by atoms with Crippen molar-refractivity contribution in [3.63, 3.8) is 0 Å². The first-order valence-electron chi connectivity index (χ1n) is 11.8. The minimum Gasteiger partial charge on any atom is -0.390 e. The van der Waals surface area contributed by atoms with Crippen molar-refractivity contribution in [2.24, 2.45) is 17.8 Å². The van der Waals surface area contributed by atoms with Gasteiger partial charge in [0, 0.05) is 24.7 Å². The van der Waals surface area contributed by atoms with Gasteiger partial charge in [-0.15, -0.1) is 0 Å². The number of aliphatic hydroxyl groups is 1. The third-order valence-corrected chi connectivity index (χ3v) is 8.71. The molecule has 8 rings (SSSR count). The number of ether oxygens (including phenoxy) is 1. The Kier molecular flexibility index (Phi) is 3.68. The molecule has 7 nitrogen and oxygen atoms in total. The number of carbonyl (C=O) groups is 1. The highest BCUT2D eigenvalue weighted by atomic mass is 16.5. The molecular weight excluding hydrogens is 380 g/mol. The van der Waals surface area contributed by atoms with Crippen LogP contribution in [0.4, 0.5) is 5.95 Å². The molecule has 2 saturated heterocycles. The largest absolute Gasteiger partial charge is 0.390 e. The van der Waals surface area contributed by atoms with Crippen LogP contribution in [0, 0.1) is 17.8 Å². The predicted octanol–water partition coefficient (Wildman–Crippen LogP) is 2.00. The summed E-state index contributed by atoms with van der Waals surface area (Å²) in [6, 6.07) is 0.563. The average Bonchev–Trinajstić information content (AvgIpc) is 3.35. The first-order valence-corrected chi connectivity index (χ1v) is 11.8. The molecule has 2 aliphatic heterocycles. The number of carbonyl (C=O) groups excluding carboxylic acids is 1. The molecule has 7 fully saturated rings. The first-order chi connectivity index (χ1) is 14.5. The zero-order chi connectivity index (χ0) is 20.0. The van der Waals surface area contributed by atoms with Gasteiger partial charge in [0.2, 0.25) is 5.95 Å². The first kappa shape index (κ1) is 17.9. The van der Waals surface area contributed by atoms with Gasteiger partial charge in [0.05, 0.1) is 35.6 Å². The highest BCUT2D eigenvalue weighted by Crippen LogP contribution is 2.55. The number of hydrogen-bond acceptors (Lipinski definition) is 6. The second-order valence-corrected chi connectivity index (χ2v) is 10.9. The fourth-order valence-electron chi connectivity index (χ4n) is 7.46. The number of nitrogens with one attached hydrogen (secondary N) is 1.